The summed E-state index contributed by atoms with van der Waals surface area (Å²) in [5.41, 5.74) is -0.826. The number of aromatic amines is 1. The maximum Gasteiger partial charge on any atom is 0.333 e. The quantitative estimate of drug-likeness (QED) is 0.684. The zero-order valence-electron chi connectivity index (χ0n) is 8.18. The number of tetrazole rings is 1. The maximum absolute atomic E-state index is 10.9. The summed E-state index contributed by atoms with van der Waals surface area (Å²) in [6.45, 7) is 3.36. The van der Waals surface area contributed by atoms with Gasteiger partial charge in [0, 0.05) is 7.11 Å². The number of carbonyl (C=O) groups is 1. The number of nitrogens with one attached hydrogen (secondary N) is 1. The van der Waals surface area contributed by atoms with Crippen LogP contribution in [0.1, 0.15) is 19.7 Å². The van der Waals surface area contributed by atoms with E-state index in [0.29, 0.717) is 5.82 Å². The molecule has 0 saturated carbocycles. The molecule has 78 valence electrons. The van der Waals surface area contributed by atoms with E-state index in [9.17, 15) is 4.79 Å². The van der Waals surface area contributed by atoms with Gasteiger partial charge in [-0.15, -0.1) is 10.2 Å². The van der Waals surface area contributed by atoms with Crippen LogP contribution in [0.2, 0.25) is 0 Å². The van der Waals surface area contributed by atoms with Crippen molar-refractivity contribution in [1.82, 2.24) is 20.6 Å². The molecule has 1 unspecified atom stereocenters. The summed E-state index contributed by atoms with van der Waals surface area (Å²) in [6.07, 6.45) is -1.000. The number of rotatable bonds is 4. The number of carboxylic acids is 1. The first-order valence-electron chi connectivity index (χ1n) is 3.99. The highest BCUT2D eigenvalue weighted by molar-refractivity contribution is 5.74. The Morgan fingerprint density at radius 2 is 2.29 bits per heavy atom. The van der Waals surface area contributed by atoms with E-state index >= 15 is 0 Å². The molecule has 0 fully saturated rings. The van der Waals surface area contributed by atoms with Crippen LogP contribution in [0, 0.1) is 0 Å². The number of hydrogen-bond donors (Lipinski definition) is 2. The number of ether oxygens (including phenoxy) is 1. The zero-order chi connectivity index (χ0) is 10.8. The Morgan fingerprint density at radius 1 is 1.64 bits per heavy atom. The van der Waals surface area contributed by atoms with Gasteiger partial charge in [0.05, 0.1) is 5.41 Å². The van der Waals surface area contributed by atoms with Crippen molar-refractivity contribution >= 4 is 5.97 Å². The molecule has 0 aliphatic carbocycles. The average molecular weight is 200 g/mol. The van der Waals surface area contributed by atoms with E-state index in [1.165, 1.54) is 7.11 Å². The minimum absolute atomic E-state index is 0.312. The second-order valence-electron chi connectivity index (χ2n) is 3.41. The van der Waals surface area contributed by atoms with Gasteiger partial charge in [-0.1, -0.05) is 5.21 Å². The number of methoxy groups -OCH3 is 1. The molecule has 2 N–H and O–H groups in total. The lowest BCUT2D eigenvalue weighted by atomic mass is 9.85. The lowest BCUT2D eigenvalue weighted by Gasteiger charge is -2.26. The fraction of sp³-hybridized carbons (Fsp3) is 0.714. The highest BCUT2D eigenvalue weighted by Crippen LogP contribution is 2.25. The van der Waals surface area contributed by atoms with Crippen molar-refractivity contribution < 1.29 is 14.6 Å². The van der Waals surface area contributed by atoms with Crippen molar-refractivity contribution in [3.05, 3.63) is 5.82 Å². The maximum atomic E-state index is 10.9. The van der Waals surface area contributed by atoms with Crippen LogP contribution in [0.25, 0.3) is 0 Å². The van der Waals surface area contributed by atoms with Gasteiger partial charge >= 0.3 is 5.97 Å². The fourth-order valence-corrected chi connectivity index (χ4v) is 1.26. The number of H-pyrrole nitrogens is 1. The topological polar surface area (TPSA) is 101 Å². The van der Waals surface area contributed by atoms with Gasteiger partial charge in [-0.3, -0.25) is 0 Å². The largest absolute Gasteiger partial charge is 0.479 e. The van der Waals surface area contributed by atoms with E-state index in [2.05, 4.69) is 20.6 Å². The molecule has 7 nitrogen and oxygen atoms in total. The summed E-state index contributed by atoms with van der Waals surface area (Å²) in [7, 11) is 1.33. The lowest BCUT2D eigenvalue weighted by molar-refractivity contribution is -0.152. The summed E-state index contributed by atoms with van der Waals surface area (Å²) in [6, 6.07) is 0. The van der Waals surface area contributed by atoms with Crippen molar-refractivity contribution in [3.8, 4) is 0 Å². The van der Waals surface area contributed by atoms with Gasteiger partial charge in [0.2, 0.25) is 0 Å². The number of aromatic nitrogens is 4. The minimum atomic E-state index is -1.05. The van der Waals surface area contributed by atoms with Crippen molar-refractivity contribution in [3.63, 3.8) is 0 Å². The lowest BCUT2D eigenvalue weighted by Crippen LogP contribution is -2.42. The van der Waals surface area contributed by atoms with Crippen LogP contribution >= 0.6 is 0 Å². The van der Waals surface area contributed by atoms with E-state index in [-0.39, 0.29) is 0 Å². The first-order chi connectivity index (χ1) is 6.50. The van der Waals surface area contributed by atoms with Gasteiger partial charge in [-0.05, 0) is 13.8 Å². The van der Waals surface area contributed by atoms with Crippen LogP contribution in [0.4, 0.5) is 0 Å². The van der Waals surface area contributed by atoms with Crippen molar-refractivity contribution in [2.75, 3.05) is 7.11 Å². The van der Waals surface area contributed by atoms with Crippen LogP contribution in [-0.2, 0) is 14.9 Å². The van der Waals surface area contributed by atoms with Crippen molar-refractivity contribution in [2.24, 2.45) is 0 Å². The third-order valence-electron chi connectivity index (χ3n) is 2.04. The number of hydrogen-bond acceptors (Lipinski definition) is 5. The summed E-state index contributed by atoms with van der Waals surface area (Å²) in [4.78, 5) is 10.9. The smallest absolute Gasteiger partial charge is 0.333 e. The second-order valence-corrected chi connectivity index (χ2v) is 3.41. The molecular formula is C7H12N4O3. The predicted octanol–water partition coefficient (Wildman–Crippen LogP) is -0.423. The van der Waals surface area contributed by atoms with E-state index in [1.54, 1.807) is 13.8 Å². The van der Waals surface area contributed by atoms with Crippen molar-refractivity contribution in [2.45, 2.75) is 25.4 Å². The molecule has 7 heteroatoms. The van der Waals surface area contributed by atoms with Crippen LogP contribution < -0.4 is 0 Å². The monoisotopic (exact) mass is 200 g/mol. The van der Waals surface area contributed by atoms with Gasteiger partial charge in [0.15, 0.2) is 11.9 Å². The normalized spacial score (nSPS) is 13.9. The summed E-state index contributed by atoms with van der Waals surface area (Å²) >= 11 is 0. The number of aliphatic carboxylic acids is 1. The molecule has 14 heavy (non-hydrogen) atoms. The first-order valence-corrected chi connectivity index (χ1v) is 3.99. The van der Waals surface area contributed by atoms with Gasteiger partial charge in [-0.2, -0.15) is 5.21 Å². The molecule has 1 aromatic heterocycles. The average Bonchev–Trinajstić information content (AvgIpc) is 2.55. The van der Waals surface area contributed by atoms with E-state index in [4.69, 9.17) is 9.84 Å². The fourth-order valence-electron chi connectivity index (χ4n) is 1.26. The Bertz CT molecular complexity index is 309. The zero-order valence-corrected chi connectivity index (χ0v) is 8.18. The SMILES string of the molecule is COC(C(=O)O)C(C)(C)c1nn[nH]n1. The third kappa shape index (κ3) is 1.72. The Morgan fingerprint density at radius 3 is 2.64 bits per heavy atom. The Labute approximate surface area is 80.5 Å². The molecule has 0 bridgehead atoms. The molecule has 0 aromatic carbocycles. The summed E-state index contributed by atoms with van der Waals surface area (Å²) in [5, 5.41) is 22.0. The van der Waals surface area contributed by atoms with Gasteiger partial charge < -0.3 is 9.84 Å². The molecule has 1 aromatic rings. The minimum Gasteiger partial charge on any atom is -0.479 e. The first kappa shape index (κ1) is 10.6. The molecular weight excluding hydrogens is 188 g/mol. The Balaban J connectivity index is 2.99. The van der Waals surface area contributed by atoms with Crippen LogP contribution in [0.15, 0.2) is 0 Å². The van der Waals surface area contributed by atoms with Crippen LogP contribution in [0.3, 0.4) is 0 Å². The van der Waals surface area contributed by atoms with Gasteiger partial charge in [0.25, 0.3) is 0 Å². The Hall–Kier alpha value is -1.50. The van der Waals surface area contributed by atoms with Gasteiger partial charge in [0.1, 0.15) is 0 Å². The molecule has 0 radical (unpaired) electrons. The molecule has 1 atom stereocenters. The number of carboxylic acid groups (broad SMARTS) is 1. The van der Waals surface area contributed by atoms with E-state index in [0.717, 1.165) is 0 Å². The molecule has 0 amide bonds. The summed E-state index contributed by atoms with van der Waals surface area (Å²) < 4.78 is 4.88. The molecule has 1 rings (SSSR count). The van der Waals surface area contributed by atoms with E-state index < -0.39 is 17.5 Å². The standard InChI is InChI=1S/C7H12N4O3/c1-7(2,4(14-3)5(12)13)6-8-10-11-9-6/h4H,1-3H3,(H,12,13)(H,8,9,10,11). The third-order valence-corrected chi connectivity index (χ3v) is 2.04. The number of nitrogens with zero attached hydrogens (tertiary/aromatic N) is 3. The summed E-state index contributed by atoms with van der Waals surface area (Å²) in [5.74, 6) is -0.742. The predicted molar refractivity (Wildman–Crippen MR) is 45.6 cm³/mol. The van der Waals surface area contributed by atoms with Gasteiger partial charge in [-0.25, -0.2) is 4.79 Å². The Kier molecular flexibility index (Phi) is 2.80. The molecule has 1 heterocycles. The van der Waals surface area contributed by atoms with Crippen molar-refractivity contribution in [1.29, 1.82) is 0 Å². The molecule has 0 aliphatic rings. The van der Waals surface area contributed by atoms with Crippen LogP contribution in [0.5, 0.6) is 0 Å². The van der Waals surface area contributed by atoms with Crippen LogP contribution in [-0.4, -0.2) is 44.9 Å². The molecule has 0 spiro atoms. The molecule has 0 saturated heterocycles. The second kappa shape index (κ2) is 3.70. The molecule has 0 aliphatic heterocycles. The highest BCUT2D eigenvalue weighted by atomic mass is 16.5. The van der Waals surface area contributed by atoms with E-state index in [1.807, 2.05) is 0 Å². The highest BCUT2D eigenvalue weighted by Gasteiger charge is 2.40.